The number of aliphatic hydroxyl groups is 1. The number of nitrogens with one attached hydrogen (secondary N) is 2. The van der Waals surface area contributed by atoms with Crippen LogP contribution in [0, 0.1) is 0 Å². The molecule has 2 rings (SSSR count). The number of nitrogens with zero attached hydrogens (tertiary/aromatic N) is 1. The molecule has 0 aromatic heterocycles. The van der Waals surface area contributed by atoms with Crippen molar-refractivity contribution in [2.75, 3.05) is 19.9 Å². The van der Waals surface area contributed by atoms with E-state index in [1.54, 1.807) is 0 Å². The van der Waals surface area contributed by atoms with Gasteiger partial charge in [0.1, 0.15) is 0 Å². The molecule has 6 nitrogen and oxygen atoms in total. The van der Waals surface area contributed by atoms with Crippen molar-refractivity contribution in [3.05, 3.63) is 23.8 Å². The minimum atomic E-state index is -0.699. The Bertz CT molecular complexity index is 542. The maximum atomic E-state index is 10.4. The summed E-state index contributed by atoms with van der Waals surface area (Å²) in [5.74, 6) is 2.24. The summed E-state index contributed by atoms with van der Waals surface area (Å²) in [6, 6.07) is 5.83. The number of benzene rings is 1. The molecule has 0 amide bonds. The monoisotopic (exact) mass is 321 g/mol. The Morgan fingerprint density at radius 1 is 1.17 bits per heavy atom. The van der Waals surface area contributed by atoms with Gasteiger partial charge in [-0.15, -0.1) is 0 Å². The number of ether oxygens (including phenoxy) is 2. The molecule has 6 heteroatoms. The minimum absolute atomic E-state index is 0.277. The molecule has 0 saturated heterocycles. The van der Waals surface area contributed by atoms with Crippen molar-refractivity contribution in [3.63, 3.8) is 0 Å². The molecule has 128 valence electrons. The van der Waals surface area contributed by atoms with E-state index < -0.39 is 5.60 Å². The highest BCUT2D eigenvalue weighted by atomic mass is 16.7. The van der Waals surface area contributed by atoms with Gasteiger partial charge in [-0.25, -0.2) is 4.99 Å². The molecule has 0 spiro atoms. The Labute approximate surface area is 137 Å². The average molecular weight is 321 g/mol. The van der Waals surface area contributed by atoms with Crippen molar-refractivity contribution in [3.8, 4) is 11.5 Å². The van der Waals surface area contributed by atoms with Crippen LogP contribution in [0.1, 0.15) is 39.2 Å². The summed E-state index contributed by atoms with van der Waals surface area (Å²) in [5.41, 5.74) is 0.349. The van der Waals surface area contributed by atoms with Gasteiger partial charge >= 0.3 is 0 Å². The van der Waals surface area contributed by atoms with Gasteiger partial charge in [-0.2, -0.15) is 0 Å². The van der Waals surface area contributed by atoms with Crippen molar-refractivity contribution in [1.29, 1.82) is 0 Å². The first kappa shape index (κ1) is 17.4. The summed E-state index contributed by atoms with van der Waals surface area (Å²) in [5, 5.41) is 16.8. The van der Waals surface area contributed by atoms with Gasteiger partial charge in [0, 0.05) is 13.1 Å². The van der Waals surface area contributed by atoms with Gasteiger partial charge < -0.3 is 25.2 Å². The van der Waals surface area contributed by atoms with Crippen molar-refractivity contribution in [1.82, 2.24) is 10.6 Å². The highest BCUT2D eigenvalue weighted by molar-refractivity contribution is 5.79. The third kappa shape index (κ3) is 4.76. The summed E-state index contributed by atoms with van der Waals surface area (Å²) in [6.45, 7) is 8.05. The third-order valence-electron chi connectivity index (χ3n) is 4.10. The minimum Gasteiger partial charge on any atom is -0.454 e. The molecular formula is C17H27N3O3. The summed E-state index contributed by atoms with van der Waals surface area (Å²) >= 11 is 0. The number of fused-ring (bicyclic) bond motifs is 1. The van der Waals surface area contributed by atoms with Gasteiger partial charge in [0.25, 0.3) is 0 Å². The Hall–Kier alpha value is -1.95. The lowest BCUT2D eigenvalue weighted by molar-refractivity contribution is 0.0367. The predicted molar refractivity (Wildman–Crippen MR) is 90.9 cm³/mol. The Morgan fingerprint density at radius 3 is 2.61 bits per heavy atom. The Morgan fingerprint density at radius 2 is 1.91 bits per heavy atom. The first-order chi connectivity index (χ1) is 11.1. The Kier molecular flexibility index (Phi) is 6.10. The molecule has 0 aliphatic carbocycles. The molecule has 0 bridgehead atoms. The fourth-order valence-electron chi connectivity index (χ4n) is 2.30. The van der Waals surface area contributed by atoms with Gasteiger partial charge in [-0.3, -0.25) is 0 Å². The van der Waals surface area contributed by atoms with E-state index >= 15 is 0 Å². The summed E-state index contributed by atoms with van der Waals surface area (Å²) in [6.07, 6.45) is 1.41. The van der Waals surface area contributed by atoms with E-state index in [1.807, 2.05) is 39.0 Å². The summed E-state index contributed by atoms with van der Waals surface area (Å²) in [4.78, 5) is 4.57. The zero-order chi connectivity index (χ0) is 16.7. The molecule has 1 aliphatic rings. The molecule has 23 heavy (non-hydrogen) atoms. The average Bonchev–Trinajstić information content (AvgIpc) is 3.04. The largest absolute Gasteiger partial charge is 0.454 e. The van der Waals surface area contributed by atoms with Crippen molar-refractivity contribution >= 4 is 5.96 Å². The van der Waals surface area contributed by atoms with Gasteiger partial charge in [-0.1, -0.05) is 19.9 Å². The van der Waals surface area contributed by atoms with Crippen LogP contribution in [0.5, 0.6) is 11.5 Å². The summed E-state index contributed by atoms with van der Waals surface area (Å²) in [7, 11) is 0. The normalized spacial score (nSPS) is 14.0. The van der Waals surface area contributed by atoms with E-state index in [0.29, 0.717) is 31.9 Å². The number of rotatable bonds is 7. The van der Waals surface area contributed by atoms with E-state index in [2.05, 4.69) is 15.6 Å². The SMILES string of the molecule is CCNC(=NCc1ccc2c(c1)OCO2)NCC(O)(CC)CC. The molecule has 0 fully saturated rings. The number of aliphatic imine (C=N–C) groups is 1. The molecule has 1 heterocycles. The predicted octanol–water partition coefficient (Wildman–Crippen LogP) is 2.02. The van der Waals surface area contributed by atoms with Crippen LogP contribution in [0.15, 0.2) is 23.2 Å². The maximum absolute atomic E-state index is 10.4. The van der Waals surface area contributed by atoms with Gasteiger partial charge in [0.2, 0.25) is 6.79 Å². The standard InChI is InChI=1S/C17H27N3O3/c1-4-17(21,5-2)11-20-16(18-6-3)19-10-13-7-8-14-15(9-13)23-12-22-14/h7-9,21H,4-6,10-12H2,1-3H3,(H2,18,19,20). The highest BCUT2D eigenvalue weighted by Gasteiger charge is 2.22. The third-order valence-corrected chi connectivity index (χ3v) is 4.10. The molecule has 1 aromatic carbocycles. The molecule has 1 aromatic rings. The van der Waals surface area contributed by atoms with Crippen LogP contribution in [0.3, 0.4) is 0 Å². The van der Waals surface area contributed by atoms with Crippen molar-refractivity contribution in [2.24, 2.45) is 4.99 Å². The lowest BCUT2D eigenvalue weighted by Crippen LogP contribution is -2.46. The number of hydrogen-bond acceptors (Lipinski definition) is 4. The van der Waals surface area contributed by atoms with Crippen molar-refractivity contribution < 1.29 is 14.6 Å². The van der Waals surface area contributed by atoms with E-state index in [0.717, 1.165) is 23.6 Å². The maximum Gasteiger partial charge on any atom is 0.231 e. The molecule has 3 N–H and O–H groups in total. The van der Waals surface area contributed by atoms with E-state index in [-0.39, 0.29) is 6.79 Å². The number of hydrogen-bond donors (Lipinski definition) is 3. The van der Waals surface area contributed by atoms with Crippen LogP contribution in [0.25, 0.3) is 0 Å². The molecule has 0 atom stereocenters. The quantitative estimate of drug-likeness (QED) is 0.529. The van der Waals surface area contributed by atoms with Gasteiger partial charge in [0.05, 0.1) is 12.1 Å². The first-order valence-corrected chi connectivity index (χ1v) is 8.23. The van der Waals surface area contributed by atoms with E-state index in [9.17, 15) is 5.11 Å². The van der Waals surface area contributed by atoms with Crippen LogP contribution in [0.4, 0.5) is 0 Å². The molecule has 0 unspecified atom stereocenters. The first-order valence-electron chi connectivity index (χ1n) is 8.23. The smallest absolute Gasteiger partial charge is 0.231 e. The van der Waals surface area contributed by atoms with Crippen LogP contribution < -0.4 is 20.1 Å². The van der Waals surface area contributed by atoms with E-state index in [4.69, 9.17) is 9.47 Å². The second-order valence-electron chi connectivity index (χ2n) is 5.67. The fraction of sp³-hybridized carbons (Fsp3) is 0.588. The van der Waals surface area contributed by atoms with Gasteiger partial charge in [0.15, 0.2) is 17.5 Å². The highest BCUT2D eigenvalue weighted by Crippen LogP contribution is 2.32. The lowest BCUT2D eigenvalue weighted by atomic mass is 9.98. The zero-order valence-electron chi connectivity index (χ0n) is 14.2. The second-order valence-corrected chi connectivity index (χ2v) is 5.67. The van der Waals surface area contributed by atoms with Crippen LogP contribution in [0.2, 0.25) is 0 Å². The van der Waals surface area contributed by atoms with E-state index in [1.165, 1.54) is 0 Å². The summed E-state index contributed by atoms with van der Waals surface area (Å²) < 4.78 is 10.7. The Balaban J connectivity index is 1.98. The van der Waals surface area contributed by atoms with Crippen LogP contribution in [-0.4, -0.2) is 36.5 Å². The van der Waals surface area contributed by atoms with Crippen LogP contribution >= 0.6 is 0 Å². The van der Waals surface area contributed by atoms with Crippen molar-refractivity contribution in [2.45, 2.75) is 45.8 Å². The van der Waals surface area contributed by atoms with Gasteiger partial charge in [-0.05, 0) is 37.5 Å². The molecule has 0 radical (unpaired) electrons. The fourth-order valence-corrected chi connectivity index (χ4v) is 2.30. The second kappa shape index (κ2) is 8.06. The topological polar surface area (TPSA) is 75.1 Å². The molecule has 0 saturated carbocycles. The number of guanidine groups is 1. The zero-order valence-corrected chi connectivity index (χ0v) is 14.2. The van der Waals surface area contributed by atoms with Crippen LogP contribution in [-0.2, 0) is 6.54 Å². The molecule has 1 aliphatic heterocycles. The molecular weight excluding hydrogens is 294 g/mol. The lowest BCUT2D eigenvalue weighted by Gasteiger charge is -2.26.